The molecule has 12 heteroatoms. The molecule has 2 heterocycles. The van der Waals surface area contributed by atoms with E-state index in [2.05, 4.69) is 9.17 Å². The Morgan fingerprint density at radius 2 is 1.67 bits per heavy atom. The summed E-state index contributed by atoms with van der Waals surface area (Å²) in [6.45, 7) is 5.78. The second-order valence-corrected chi connectivity index (χ2v) is 10.2. The molecule has 4 rings (SSSR count). The number of carbonyl (C=O) groups excluding carboxylic acids is 1. The van der Waals surface area contributed by atoms with Gasteiger partial charge in [-0.05, 0) is 57.2 Å². The van der Waals surface area contributed by atoms with Crippen molar-refractivity contribution < 1.29 is 39.9 Å². The van der Waals surface area contributed by atoms with E-state index in [-0.39, 0.29) is 10.9 Å². The molecule has 0 spiro atoms. The Bertz CT molecular complexity index is 1350. The van der Waals surface area contributed by atoms with Gasteiger partial charge < -0.3 is 8.92 Å². The molecular weight excluding hydrogens is 507 g/mol. The molecule has 0 saturated carbocycles. The van der Waals surface area contributed by atoms with Crippen molar-refractivity contribution in [2.45, 2.75) is 50.2 Å². The third-order valence-electron chi connectivity index (χ3n) is 5.48. The fraction of sp³-hybridized carbons (Fsp3) is 0.333. The molecule has 36 heavy (non-hydrogen) atoms. The van der Waals surface area contributed by atoms with E-state index >= 15 is 0 Å². The third kappa shape index (κ3) is 4.86. The van der Waals surface area contributed by atoms with Gasteiger partial charge in [0.2, 0.25) is 45.9 Å². The van der Waals surface area contributed by atoms with Crippen molar-refractivity contribution in [2.75, 3.05) is 6.54 Å². The molecule has 0 aliphatic carbocycles. The molecule has 2 unspecified atom stereocenters. The number of rotatable bonds is 4. The van der Waals surface area contributed by atoms with E-state index in [9.17, 15) is 31.0 Å². The molecule has 1 aromatic heterocycles. The highest BCUT2D eigenvalue weighted by Gasteiger charge is 2.35. The van der Waals surface area contributed by atoms with Crippen LogP contribution in [-0.4, -0.2) is 32.3 Å². The average molecular weight is 528 g/mol. The summed E-state index contributed by atoms with van der Waals surface area (Å²) in [6, 6.07) is 5.46. The normalized spacial score (nSPS) is 16.9. The van der Waals surface area contributed by atoms with E-state index in [1.807, 2.05) is 0 Å². The number of amides is 1. The van der Waals surface area contributed by atoms with Gasteiger partial charge in [-0.25, -0.2) is 22.2 Å². The standard InChI is InChI=1S/C24H21F5N2O4S/c1-24(2,3)34-23(32)31-10-4-5-15(31)21-14-7-6-13(11-12(14)8-9-30-21)36(33)35-22-19(28)17(26)16(25)18(27)20(22)29/h6-9,11,15H,4-5,10H2,1-3H3. The number of aromatic nitrogens is 1. The van der Waals surface area contributed by atoms with Gasteiger partial charge in [-0.1, -0.05) is 6.07 Å². The lowest BCUT2D eigenvalue weighted by atomic mass is 10.0. The van der Waals surface area contributed by atoms with Crippen molar-refractivity contribution in [1.82, 2.24) is 9.88 Å². The Morgan fingerprint density at radius 1 is 1.03 bits per heavy atom. The maximum atomic E-state index is 13.9. The van der Waals surface area contributed by atoms with Crippen LogP contribution in [-0.2, 0) is 15.8 Å². The third-order valence-corrected chi connectivity index (χ3v) is 6.44. The first-order chi connectivity index (χ1) is 16.9. The summed E-state index contributed by atoms with van der Waals surface area (Å²) < 4.78 is 90.8. The predicted molar refractivity (Wildman–Crippen MR) is 120 cm³/mol. The molecule has 2 aromatic carbocycles. The van der Waals surface area contributed by atoms with Gasteiger partial charge in [-0.15, -0.1) is 0 Å². The first kappa shape index (κ1) is 25.8. The quantitative estimate of drug-likeness (QED) is 0.232. The van der Waals surface area contributed by atoms with Crippen LogP contribution < -0.4 is 4.18 Å². The Morgan fingerprint density at radius 3 is 2.31 bits per heavy atom. The molecule has 0 radical (unpaired) electrons. The second kappa shape index (κ2) is 9.64. The molecule has 6 nitrogen and oxygen atoms in total. The van der Waals surface area contributed by atoms with Gasteiger partial charge >= 0.3 is 6.09 Å². The number of likely N-dealkylation sites (tertiary alicyclic amines) is 1. The molecular formula is C24H21F5N2O4S. The van der Waals surface area contributed by atoms with Gasteiger partial charge in [0.15, 0.2) is 0 Å². The highest BCUT2D eigenvalue weighted by atomic mass is 32.2. The Labute approximate surface area is 205 Å². The lowest BCUT2D eigenvalue weighted by Crippen LogP contribution is -2.36. The van der Waals surface area contributed by atoms with Crippen LogP contribution in [0, 0.1) is 29.1 Å². The van der Waals surface area contributed by atoms with Gasteiger partial charge in [0.1, 0.15) is 5.60 Å². The largest absolute Gasteiger partial charge is 0.444 e. The molecule has 1 aliphatic rings. The predicted octanol–water partition coefficient (Wildman–Crippen LogP) is 6.10. The Kier molecular flexibility index (Phi) is 6.91. The molecule has 1 amide bonds. The number of hydrogen-bond acceptors (Lipinski definition) is 5. The van der Waals surface area contributed by atoms with Crippen molar-refractivity contribution in [1.29, 1.82) is 0 Å². The summed E-state index contributed by atoms with van der Waals surface area (Å²) in [5, 5.41) is 1.14. The number of pyridine rings is 1. The molecule has 3 aromatic rings. The van der Waals surface area contributed by atoms with Crippen LogP contribution >= 0.6 is 0 Å². The summed E-state index contributed by atoms with van der Waals surface area (Å²) in [6.07, 6.45) is 2.39. The van der Waals surface area contributed by atoms with Crippen molar-refractivity contribution in [3.05, 3.63) is 65.2 Å². The van der Waals surface area contributed by atoms with Crippen LogP contribution in [0.15, 0.2) is 35.4 Å². The minimum absolute atomic E-state index is 0.0842. The Hall–Kier alpha value is -3.28. The van der Waals surface area contributed by atoms with Crippen molar-refractivity contribution in [3.8, 4) is 5.75 Å². The van der Waals surface area contributed by atoms with E-state index in [0.717, 1.165) is 6.42 Å². The monoisotopic (exact) mass is 528 g/mol. The van der Waals surface area contributed by atoms with Gasteiger partial charge in [0, 0.05) is 18.1 Å². The van der Waals surface area contributed by atoms with Crippen LogP contribution in [0.4, 0.5) is 26.7 Å². The van der Waals surface area contributed by atoms with Gasteiger partial charge in [-0.3, -0.25) is 9.88 Å². The molecule has 1 fully saturated rings. The zero-order valence-corrected chi connectivity index (χ0v) is 20.2. The van der Waals surface area contributed by atoms with E-state index in [4.69, 9.17) is 4.74 Å². The molecule has 0 bridgehead atoms. The van der Waals surface area contributed by atoms with E-state index in [1.54, 1.807) is 37.8 Å². The average Bonchev–Trinajstić information content (AvgIpc) is 3.32. The van der Waals surface area contributed by atoms with E-state index in [1.165, 1.54) is 18.3 Å². The molecule has 192 valence electrons. The number of carbonyl (C=O) groups is 1. The summed E-state index contributed by atoms with van der Waals surface area (Å²) in [7, 11) is 0. The summed E-state index contributed by atoms with van der Waals surface area (Å²) >= 11 is -2.61. The van der Waals surface area contributed by atoms with E-state index < -0.39 is 57.6 Å². The van der Waals surface area contributed by atoms with Crippen LogP contribution in [0.5, 0.6) is 5.75 Å². The van der Waals surface area contributed by atoms with Crippen molar-refractivity contribution in [3.63, 3.8) is 0 Å². The van der Waals surface area contributed by atoms with Crippen LogP contribution in [0.25, 0.3) is 10.8 Å². The zero-order valence-electron chi connectivity index (χ0n) is 19.4. The second-order valence-electron chi connectivity index (χ2n) is 9.13. The molecule has 2 atom stereocenters. The first-order valence-electron chi connectivity index (χ1n) is 10.9. The van der Waals surface area contributed by atoms with Crippen molar-refractivity contribution in [2.24, 2.45) is 0 Å². The number of ether oxygens (including phenoxy) is 1. The topological polar surface area (TPSA) is 68.7 Å². The van der Waals surface area contributed by atoms with Crippen LogP contribution in [0.3, 0.4) is 0 Å². The highest BCUT2D eigenvalue weighted by Crippen LogP contribution is 2.36. The molecule has 1 saturated heterocycles. The maximum absolute atomic E-state index is 13.9. The van der Waals surface area contributed by atoms with Gasteiger partial charge in [-0.2, -0.15) is 8.78 Å². The first-order valence-corrected chi connectivity index (χ1v) is 12.0. The van der Waals surface area contributed by atoms with Gasteiger partial charge in [0.05, 0.1) is 16.6 Å². The highest BCUT2D eigenvalue weighted by molar-refractivity contribution is 7.80. The maximum Gasteiger partial charge on any atom is 0.410 e. The van der Waals surface area contributed by atoms with E-state index in [0.29, 0.717) is 29.4 Å². The zero-order chi connectivity index (χ0) is 26.4. The lowest BCUT2D eigenvalue weighted by Gasteiger charge is -2.28. The SMILES string of the molecule is CC(C)(C)OC(=O)N1CCCC1c1nccc2cc(S(=O)Oc3c(F)c(F)c(F)c(F)c3F)ccc12. The smallest absolute Gasteiger partial charge is 0.410 e. The number of nitrogens with zero attached hydrogens (tertiary/aromatic N) is 2. The van der Waals surface area contributed by atoms with Crippen molar-refractivity contribution >= 4 is 27.9 Å². The van der Waals surface area contributed by atoms with Gasteiger partial charge in [0.25, 0.3) is 0 Å². The summed E-state index contributed by atoms with van der Waals surface area (Å²) in [5.74, 6) is -12.9. The summed E-state index contributed by atoms with van der Waals surface area (Å²) in [4.78, 5) is 18.6. The molecule has 0 N–H and O–H groups in total. The number of benzene rings is 2. The number of hydrogen-bond donors (Lipinski definition) is 0. The van der Waals surface area contributed by atoms with Crippen LogP contribution in [0.1, 0.15) is 45.3 Å². The minimum Gasteiger partial charge on any atom is -0.444 e. The number of fused-ring (bicyclic) bond motifs is 1. The molecule has 1 aliphatic heterocycles. The Balaban J connectivity index is 1.64. The summed E-state index contributed by atoms with van der Waals surface area (Å²) in [5.41, 5.74) is -0.0983. The number of halogens is 5. The lowest BCUT2D eigenvalue weighted by molar-refractivity contribution is 0.0222. The fourth-order valence-electron chi connectivity index (χ4n) is 3.92. The fourth-order valence-corrected chi connectivity index (χ4v) is 4.72. The van der Waals surface area contributed by atoms with Crippen LogP contribution in [0.2, 0.25) is 0 Å². The minimum atomic E-state index is -2.61.